The molecule has 2 heterocycles. The minimum absolute atomic E-state index is 0.596. The van der Waals surface area contributed by atoms with Crippen molar-refractivity contribution >= 4 is 11.4 Å². The lowest BCUT2D eigenvalue weighted by atomic mass is 10.4. The summed E-state index contributed by atoms with van der Waals surface area (Å²) in [6, 6.07) is 3.73. The van der Waals surface area contributed by atoms with Crippen molar-refractivity contribution in [2.75, 3.05) is 24.7 Å². The number of hydrogen-bond donors (Lipinski definition) is 2. The monoisotopic (exact) mass is 233 g/mol. The molecule has 3 N–H and O–H groups in total. The molecule has 2 aromatic rings. The van der Waals surface area contributed by atoms with Crippen LogP contribution in [0.25, 0.3) is 0 Å². The van der Waals surface area contributed by atoms with Gasteiger partial charge in [0.15, 0.2) is 0 Å². The van der Waals surface area contributed by atoms with E-state index in [2.05, 4.69) is 15.4 Å². The lowest BCUT2D eigenvalue weighted by Crippen LogP contribution is -2.10. The van der Waals surface area contributed by atoms with Crippen LogP contribution in [0.2, 0.25) is 0 Å². The number of hydrogen-bond acceptors (Lipinski definition) is 5. The molecule has 0 bridgehead atoms. The first kappa shape index (κ1) is 11.3. The second-order valence-corrected chi connectivity index (χ2v) is 3.55. The Morgan fingerprint density at radius 2 is 2.41 bits per heavy atom. The van der Waals surface area contributed by atoms with Crippen molar-refractivity contribution in [2.45, 2.75) is 6.54 Å². The summed E-state index contributed by atoms with van der Waals surface area (Å²) in [5.41, 5.74) is 7.22. The van der Waals surface area contributed by atoms with Crippen LogP contribution in [0.15, 0.2) is 30.7 Å². The van der Waals surface area contributed by atoms with Crippen molar-refractivity contribution in [3.63, 3.8) is 0 Å². The molecule has 2 rings (SSSR count). The number of nitrogen functional groups attached to an aromatic ring is 1. The van der Waals surface area contributed by atoms with E-state index in [1.807, 2.05) is 12.1 Å². The molecule has 17 heavy (non-hydrogen) atoms. The number of anilines is 2. The molecule has 0 saturated carbocycles. The number of nitrogens with one attached hydrogen (secondary N) is 1. The van der Waals surface area contributed by atoms with Crippen LogP contribution < -0.4 is 15.8 Å². The third-order valence-corrected chi connectivity index (χ3v) is 2.27. The quantitative estimate of drug-likeness (QED) is 0.805. The number of pyridine rings is 1. The number of rotatable bonds is 5. The summed E-state index contributed by atoms with van der Waals surface area (Å²) in [6.45, 7) is 1.51. The zero-order chi connectivity index (χ0) is 12.1. The molecule has 0 aliphatic rings. The van der Waals surface area contributed by atoms with Crippen molar-refractivity contribution in [1.82, 2.24) is 14.8 Å². The van der Waals surface area contributed by atoms with Gasteiger partial charge >= 0.3 is 0 Å². The van der Waals surface area contributed by atoms with Gasteiger partial charge in [-0.15, -0.1) is 0 Å². The van der Waals surface area contributed by atoms with Crippen LogP contribution in [0.1, 0.15) is 0 Å². The summed E-state index contributed by atoms with van der Waals surface area (Å²) in [6.07, 6.45) is 5.14. The highest BCUT2D eigenvalue weighted by atomic mass is 16.5. The molecular weight excluding hydrogens is 218 g/mol. The van der Waals surface area contributed by atoms with Gasteiger partial charge in [-0.3, -0.25) is 4.68 Å². The van der Waals surface area contributed by atoms with Crippen molar-refractivity contribution in [1.29, 1.82) is 0 Å². The highest BCUT2D eigenvalue weighted by Crippen LogP contribution is 2.12. The molecule has 0 aliphatic carbocycles. The van der Waals surface area contributed by atoms with Gasteiger partial charge in [-0.1, -0.05) is 0 Å². The zero-order valence-electron chi connectivity index (χ0n) is 9.63. The second kappa shape index (κ2) is 5.20. The molecule has 0 saturated heterocycles. The van der Waals surface area contributed by atoms with E-state index in [0.29, 0.717) is 11.6 Å². The van der Waals surface area contributed by atoms with E-state index in [1.54, 1.807) is 30.4 Å². The molecule has 0 atom stereocenters. The third-order valence-electron chi connectivity index (χ3n) is 2.27. The Morgan fingerprint density at radius 3 is 3.12 bits per heavy atom. The number of nitrogens with two attached hydrogens (primary N) is 1. The van der Waals surface area contributed by atoms with Gasteiger partial charge in [0.25, 0.3) is 0 Å². The lowest BCUT2D eigenvalue weighted by Gasteiger charge is -2.07. The maximum Gasteiger partial charge on any atom is 0.214 e. The van der Waals surface area contributed by atoms with Crippen LogP contribution in [0.4, 0.5) is 11.4 Å². The summed E-state index contributed by atoms with van der Waals surface area (Å²) in [4.78, 5) is 4.03. The van der Waals surface area contributed by atoms with E-state index in [0.717, 1.165) is 18.8 Å². The van der Waals surface area contributed by atoms with Crippen molar-refractivity contribution in [2.24, 2.45) is 0 Å². The topological polar surface area (TPSA) is 78.0 Å². The van der Waals surface area contributed by atoms with Gasteiger partial charge in [0.1, 0.15) is 0 Å². The Morgan fingerprint density at radius 1 is 1.53 bits per heavy atom. The summed E-state index contributed by atoms with van der Waals surface area (Å²) in [7, 11) is 1.60. The minimum atomic E-state index is 0.596. The average molecular weight is 233 g/mol. The minimum Gasteiger partial charge on any atom is -0.481 e. The first-order valence-electron chi connectivity index (χ1n) is 5.30. The van der Waals surface area contributed by atoms with E-state index >= 15 is 0 Å². The molecule has 6 nitrogen and oxygen atoms in total. The summed E-state index contributed by atoms with van der Waals surface area (Å²) < 4.78 is 6.83. The van der Waals surface area contributed by atoms with Gasteiger partial charge < -0.3 is 15.8 Å². The first-order valence-corrected chi connectivity index (χ1v) is 5.30. The molecule has 0 aliphatic heterocycles. The highest BCUT2D eigenvalue weighted by molar-refractivity contribution is 5.44. The zero-order valence-corrected chi connectivity index (χ0v) is 9.63. The normalized spacial score (nSPS) is 10.2. The molecule has 0 aromatic carbocycles. The Bertz CT molecular complexity index is 482. The van der Waals surface area contributed by atoms with E-state index in [4.69, 9.17) is 10.5 Å². The summed E-state index contributed by atoms with van der Waals surface area (Å²) in [5.74, 6) is 0.596. The van der Waals surface area contributed by atoms with Gasteiger partial charge in [-0.2, -0.15) is 5.10 Å². The number of methoxy groups -OCH3 is 1. The fourth-order valence-electron chi connectivity index (χ4n) is 1.45. The van der Waals surface area contributed by atoms with E-state index in [-0.39, 0.29) is 0 Å². The Labute approximate surface area is 99.4 Å². The summed E-state index contributed by atoms with van der Waals surface area (Å²) >= 11 is 0. The van der Waals surface area contributed by atoms with Crippen LogP contribution >= 0.6 is 0 Å². The molecule has 0 amide bonds. The largest absolute Gasteiger partial charge is 0.481 e. The van der Waals surface area contributed by atoms with Crippen molar-refractivity contribution < 1.29 is 4.74 Å². The van der Waals surface area contributed by atoms with Crippen LogP contribution in [-0.2, 0) is 6.54 Å². The van der Waals surface area contributed by atoms with Gasteiger partial charge in [0, 0.05) is 30.7 Å². The maximum atomic E-state index is 5.57. The smallest absolute Gasteiger partial charge is 0.214 e. The van der Waals surface area contributed by atoms with Crippen molar-refractivity contribution in [3.05, 3.63) is 30.7 Å². The van der Waals surface area contributed by atoms with E-state index in [1.165, 1.54) is 0 Å². The van der Waals surface area contributed by atoms with Crippen molar-refractivity contribution in [3.8, 4) is 5.88 Å². The van der Waals surface area contributed by atoms with Crippen LogP contribution in [0.3, 0.4) is 0 Å². The molecule has 6 heteroatoms. The third kappa shape index (κ3) is 3.10. The van der Waals surface area contributed by atoms with E-state index in [9.17, 15) is 0 Å². The molecule has 0 spiro atoms. The fourth-order valence-corrected chi connectivity index (χ4v) is 1.45. The maximum absolute atomic E-state index is 5.57. The first-order chi connectivity index (χ1) is 8.28. The van der Waals surface area contributed by atoms with E-state index < -0.39 is 0 Å². The van der Waals surface area contributed by atoms with Crippen LogP contribution in [0, 0.1) is 0 Å². The Kier molecular flexibility index (Phi) is 3.44. The Hall–Kier alpha value is -2.24. The predicted molar refractivity (Wildman–Crippen MR) is 65.9 cm³/mol. The highest BCUT2D eigenvalue weighted by Gasteiger charge is 1.97. The molecular formula is C11H15N5O. The molecule has 2 aromatic heterocycles. The number of ether oxygens (including phenoxy) is 1. The second-order valence-electron chi connectivity index (χ2n) is 3.55. The fraction of sp³-hybridized carbons (Fsp3) is 0.273. The number of aromatic nitrogens is 3. The number of nitrogens with zero attached hydrogens (tertiary/aromatic N) is 3. The SMILES string of the molecule is COc1cc(NCCn2cc(N)cn2)ccn1. The van der Waals surface area contributed by atoms with Gasteiger partial charge in [-0.25, -0.2) is 4.98 Å². The van der Waals surface area contributed by atoms with Crippen LogP contribution in [0.5, 0.6) is 5.88 Å². The summed E-state index contributed by atoms with van der Waals surface area (Å²) in [5, 5.41) is 7.35. The Balaban J connectivity index is 1.85. The van der Waals surface area contributed by atoms with Gasteiger partial charge in [-0.05, 0) is 6.07 Å². The lowest BCUT2D eigenvalue weighted by molar-refractivity contribution is 0.398. The van der Waals surface area contributed by atoms with Gasteiger partial charge in [0.2, 0.25) is 5.88 Å². The molecule has 0 fully saturated rings. The predicted octanol–water partition coefficient (Wildman–Crippen LogP) is 0.981. The average Bonchev–Trinajstić information content (AvgIpc) is 2.75. The molecule has 0 unspecified atom stereocenters. The van der Waals surface area contributed by atoms with Crippen LogP contribution in [-0.4, -0.2) is 28.4 Å². The molecule has 0 radical (unpaired) electrons. The van der Waals surface area contributed by atoms with Gasteiger partial charge in [0.05, 0.1) is 25.5 Å². The standard InChI is InChI=1S/C11H15N5O/c1-17-11-6-10(2-3-14-11)13-4-5-16-8-9(12)7-15-16/h2-3,6-8H,4-5,12H2,1H3,(H,13,14). The molecule has 90 valence electrons.